The van der Waals surface area contributed by atoms with Crippen molar-refractivity contribution in [2.24, 2.45) is 0 Å². The van der Waals surface area contributed by atoms with Crippen LogP contribution in [0.15, 0.2) is 70.7 Å². The number of nitrogens with zero attached hydrogens (tertiary/aromatic N) is 3. The summed E-state index contributed by atoms with van der Waals surface area (Å²) in [6.07, 6.45) is 1.70. The van der Waals surface area contributed by atoms with Crippen molar-refractivity contribution in [1.82, 2.24) is 15.0 Å². The summed E-state index contributed by atoms with van der Waals surface area (Å²) < 4.78 is 14.0. The maximum Gasteiger partial charge on any atom is 0.174 e. The summed E-state index contributed by atoms with van der Waals surface area (Å²) in [6.45, 7) is 2.00. The van der Waals surface area contributed by atoms with Crippen molar-refractivity contribution in [3.63, 3.8) is 0 Å². The topological polar surface area (TPSA) is 47.8 Å². The molecule has 0 saturated heterocycles. The summed E-state index contributed by atoms with van der Waals surface area (Å²) in [5, 5.41) is 8.48. The Hall–Kier alpha value is -2.27. The fourth-order valence-corrected chi connectivity index (χ4v) is 2.75. The van der Waals surface area contributed by atoms with Gasteiger partial charge >= 0.3 is 0 Å². The van der Waals surface area contributed by atoms with Crippen LogP contribution in [0, 0.1) is 6.92 Å². The van der Waals surface area contributed by atoms with E-state index < -0.39 is 10.8 Å². The van der Waals surface area contributed by atoms with Crippen molar-refractivity contribution >= 4 is 10.8 Å². The summed E-state index contributed by atoms with van der Waals surface area (Å²) in [5.74, 6) is 0. The molecule has 0 amide bonds. The maximum absolute atomic E-state index is 12.4. The van der Waals surface area contributed by atoms with Crippen molar-refractivity contribution in [3.05, 3.63) is 66.4 Å². The van der Waals surface area contributed by atoms with Crippen molar-refractivity contribution in [2.45, 2.75) is 16.8 Å². The molecule has 0 bridgehead atoms. The van der Waals surface area contributed by atoms with Gasteiger partial charge in [-0.1, -0.05) is 41.1 Å². The molecule has 0 aliphatic carbocycles. The number of aryl methyl sites for hydroxylation is 1. The Morgan fingerprint density at radius 3 is 2.40 bits per heavy atom. The number of rotatable bonds is 3. The first-order valence-electron chi connectivity index (χ1n) is 6.20. The van der Waals surface area contributed by atoms with Gasteiger partial charge < -0.3 is 0 Å². The number of aromatic nitrogens is 3. The van der Waals surface area contributed by atoms with Gasteiger partial charge in [0, 0.05) is 4.90 Å². The predicted octanol–water partition coefficient (Wildman–Crippen LogP) is 2.74. The lowest BCUT2D eigenvalue weighted by molar-refractivity contribution is 0.679. The molecular formula is C15H13N3OS. The van der Waals surface area contributed by atoms with Crippen molar-refractivity contribution in [1.29, 1.82) is 0 Å². The molecule has 3 aromatic rings. The highest BCUT2D eigenvalue weighted by molar-refractivity contribution is 7.85. The second-order valence-corrected chi connectivity index (χ2v) is 5.85. The van der Waals surface area contributed by atoms with Crippen LogP contribution in [0.5, 0.6) is 0 Å². The lowest BCUT2D eigenvalue weighted by Crippen LogP contribution is -1.94. The first-order valence-corrected chi connectivity index (χ1v) is 7.35. The second-order valence-electron chi connectivity index (χ2n) is 4.42. The van der Waals surface area contributed by atoms with Crippen molar-refractivity contribution < 1.29 is 4.21 Å². The van der Waals surface area contributed by atoms with Crippen LogP contribution in [0.3, 0.4) is 0 Å². The molecular weight excluding hydrogens is 270 g/mol. The lowest BCUT2D eigenvalue weighted by Gasteiger charge is -1.99. The van der Waals surface area contributed by atoms with Crippen LogP contribution in [0.25, 0.3) is 5.69 Å². The third-order valence-electron chi connectivity index (χ3n) is 2.92. The Morgan fingerprint density at radius 1 is 1.00 bits per heavy atom. The van der Waals surface area contributed by atoms with Gasteiger partial charge in [-0.25, -0.2) is 8.89 Å². The van der Waals surface area contributed by atoms with E-state index in [1.54, 1.807) is 10.9 Å². The third kappa shape index (κ3) is 2.53. The van der Waals surface area contributed by atoms with Crippen LogP contribution in [-0.4, -0.2) is 19.2 Å². The van der Waals surface area contributed by atoms with Crippen LogP contribution in [0.2, 0.25) is 0 Å². The van der Waals surface area contributed by atoms with E-state index in [4.69, 9.17) is 0 Å². The van der Waals surface area contributed by atoms with Crippen LogP contribution in [0.4, 0.5) is 0 Å². The largest absolute Gasteiger partial charge is 0.247 e. The SMILES string of the molecule is Cc1ccc(S(=O)c2cn(-c3ccccc3)nn2)cc1. The molecule has 0 N–H and O–H groups in total. The van der Waals surface area contributed by atoms with Crippen LogP contribution < -0.4 is 0 Å². The van der Waals surface area contributed by atoms with E-state index in [0.29, 0.717) is 5.03 Å². The van der Waals surface area contributed by atoms with E-state index in [9.17, 15) is 4.21 Å². The average Bonchev–Trinajstić information content (AvgIpc) is 2.98. The van der Waals surface area contributed by atoms with Gasteiger partial charge in [-0.05, 0) is 31.2 Å². The number of hydrogen-bond acceptors (Lipinski definition) is 3. The minimum absolute atomic E-state index is 0.456. The molecule has 0 aliphatic heterocycles. The van der Waals surface area contributed by atoms with Gasteiger partial charge in [-0.2, -0.15) is 0 Å². The van der Waals surface area contributed by atoms with E-state index >= 15 is 0 Å². The smallest absolute Gasteiger partial charge is 0.174 e. The Kier molecular flexibility index (Phi) is 3.43. The first-order chi connectivity index (χ1) is 9.74. The van der Waals surface area contributed by atoms with Gasteiger partial charge in [-0.3, -0.25) is 0 Å². The standard InChI is InChI=1S/C15H13N3OS/c1-12-7-9-14(10-8-12)20(19)15-11-18(17-16-15)13-5-3-2-4-6-13/h2-11H,1H3. The van der Waals surface area contributed by atoms with Gasteiger partial charge in [0.1, 0.15) is 10.8 Å². The molecule has 2 aromatic carbocycles. The van der Waals surface area contributed by atoms with Crippen LogP contribution >= 0.6 is 0 Å². The minimum atomic E-state index is -1.30. The van der Waals surface area contributed by atoms with E-state index in [2.05, 4.69) is 10.3 Å². The van der Waals surface area contributed by atoms with Gasteiger partial charge in [0.25, 0.3) is 0 Å². The van der Waals surface area contributed by atoms with E-state index in [-0.39, 0.29) is 0 Å². The molecule has 1 heterocycles. The second kappa shape index (κ2) is 5.38. The third-order valence-corrected chi connectivity index (χ3v) is 4.19. The first kappa shape index (κ1) is 12.7. The zero-order valence-electron chi connectivity index (χ0n) is 10.9. The van der Waals surface area contributed by atoms with Gasteiger partial charge in [0.05, 0.1) is 11.9 Å². The van der Waals surface area contributed by atoms with Crippen LogP contribution in [-0.2, 0) is 10.8 Å². The quantitative estimate of drug-likeness (QED) is 0.742. The summed E-state index contributed by atoms with van der Waals surface area (Å²) in [7, 11) is -1.30. The zero-order valence-corrected chi connectivity index (χ0v) is 11.7. The van der Waals surface area contributed by atoms with Gasteiger partial charge in [0.2, 0.25) is 0 Å². The van der Waals surface area contributed by atoms with Crippen molar-refractivity contribution in [2.75, 3.05) is 0 Å². The molecule has 4 nitrogen and oxygen atoms in total. The molecule has 0 spiro atoms. The Bertz CT molecular complexity index is 735. The van der Waals surface area contributed by atoms with E-state index in [1.807, 2.05) is 61.5 Å². The van der Waals surface area contributed by atoms with E-state index in [0.717, 1.165) is 16.1 Å². The van der Waals surface area contributed by atoms with Crippen LogP contribution in [0.1, 0.15) is 5.56 Å². The molecule has 0 fully saturated rings. The average molecular weight is 283 g/mol. The highest BCUT2D eigenvalue weighted by Gasteiger charge is 2.12. The number of para-hydroxylation sites is 1. The fourth-order valence-electron chi connectivity index (χ4n) is 1.82. The molecule has 1 unspecified atom stereocenters. The summed E-state index contributed by atoms with van der Waals surface area (Å²) in [4.78, 5) is 0.732. The molecule has 3 rings (SSSR count). The Morgan fingerprint density at radius 2 is 1.70 bits per heavy atom. The summed E-state index contributed by atoms with van der Waals surface area (Å²) >= 11 is 0. The monoisotopic (exact) mass is 283 g/mol. The number of hydrogen-bond donors (Lipinski definition) is 0. The lowest BCUT2D eigenvalue weighted by atomic mass is 10.2. The fraction of sp³-hybridized carbons (Fsp3) is 0.0667. The molecule has 20 heavy (non-hydrogen) atoms. The molecule has 1 aromatic heterocycles. The zero-order chi connectivity index (χ0) is 13.9. The minimum Gasteiger partial charge on any atom is -0.247 e. The molecule has 0 saturated carbocycles. The maximum atomic E-state index is 12.4. The predicted molar refractivity (Wildman–Crippen MR) is 77.2 cm³/mol. The summed E-state index contributed by atoms with van der Waals surface area (Å²) in [5.41, 5.74) is 2.03. The Balaban J connectivity index is 1.90. The molecule has 0 aliphatic rings. The highest BCUT2D eigenvalue weighted by Crippen LogP contribution is 2.15. The van der Waals surface area contributed by atoms with Gasteiger partial charge in [-0.15, -0.1) is 5.10 Å². The highest BCUT2D eigenvalue weighted by atomic mass is 32.2. The van der Waals surface area contributed by atoms with E-state index in [1.165, 1.54) is 0 Å². The number of benzene rings is 2. The summed E-state index contributed by atoms with van der Waals surface area (Å²) in [6, 6.07) is 17.2. The normalized spacial score (nSPS) is 12.2. The Labute approximate surface area is 119 Å². The van der Waals surface area contributed by atoms with Gasteiger partial charge in [0.15, 0.2) is 5.03 Å². The molecule has 100 valence electrons. The molecule has 1 atom stereocenters. The molecule has 0 radical (unpaired) electrons. The van der Waals surface area contributed by atoms with Crippen molar-refractivity contribution in [3.8, 4) is 5.69 Å². The molecule has 5 heteroatoms.